The van der Waals surface area contributed by atoms with Gasteiger partial charge in [-0.2, -0.15) is 0 Å². The van der Waals surface area contributed by atoms with Crippen LogP contribution in [0, 0.1) is 0 Å². The average Bonchev–Trinajstić information content (AvgIpc) is 3.08. The molecule has 0 radical (unpaired) electrons. The lowest BCUT2D eigenvalue weighted by atomic mass is 10.0. The van der Waals surface area contributed by atoms with Crippen LogP contribution in [0.5, 0.6) is 0 Å². The van der Waals surface area contributed by atoms with Crippen molar-refractivity contribution in [1.82, 2.24) is 24.8 Å². The standard InChI is InChI=1S/C14H23N5O/c1-11(2)18-9-5-13(14(18)20)17-7-3-12(4-8-17)19-10-6-15-16-19/h6,10-13H,3-5,7-9H2,1-2H3. The van der Waals surface area contributed by atoms with Crippen LogP contribution < -0.4 is 0 Å². The lowest BCUT2D eigenvalue weighted by Crippen LogP contribution is -2.47. The summed E-state index contributed by atoms with van der Waals surface area (Å²) in [6, 6.07) is 0.862. The Labute approximate surface area is 119 Å². The Kier molecular flexibility index (Phi) is 3.74. The fourth-order valence-electron chi connectivity index (χ4n) is 3.41. The zero-order valence-corrected chi connectivity index (χ0v) is 12.3. The predicted molar refractivity (Wildman–Crippen MR) is 75.1 cm³/mol. The van der Waals surface area contributed by atoms with Crippen molar-refractivity contribution in [3.05, 3.63) is 12.4 Å². The molecule has 2 fully saturated rings. The highest BCUT2D eigenvalue weighted by molar-refractivity contribution is 5.84. The normalized spacial score (nSPS) is 25.9. The minimum atomic E-state index is 0.106. The number of carbonyl (C=O) groups excluding carboxylic acids is 1. The molecular weight excluding hydrogens is 254 g/mol. The maximum absolute atomic E-state index is 12.4. The minimum Gasteiger partial charge on any atom is -0.339 e. The Morgan fingerprint density at radius 2 is 1.95 bits per heavy atom. The largest absolute Gasteiger partial charge is 0.339 e. The Morgan fingerprint density at radius 1 is 1.20 bits per heavy atom. The smallest absolute Gasteiger partial charge is 0.240 e. The van der Waals surface area contributed by atoms with Gasteiger partial charge in [-0.05, 0) is 33.1 Å². The van der Waals surface area contributed by atoms with Gasteiger partial charge in [0, 0.05) is 31.9 Å². The first-order chi connectivity index (χ1) is 9.66. The fourth-order valence-corrected chi connectivity index (χ4v) is 3.41. The molecule has 6 heteroatoms. The molecule has 0 spiro atoms. The van der Waals surface area contributed by atoms with Crippen LogP contribution in [0.15, 0.2) is 12.4 Å². The van der Waals surface area contributed by atoms with Gasteiger partial charge >= 0.3 is 0 Å². The minimum absolute atomic E-state index is 0.106. The number of hydrogen-bond donors (Lipinski definition) is 0. The van der Waals surface area contributed by atoms with E-state index in [2.05, 4.69) is 29.1 Å². The molecule has 6 nitrogen and oxygen atoms in total. The van der Waals surface area contributed by atoms with E-state index in [9.17, 15) is 4.79 Å². The van der Waals surface area contributed by atoms with E-state index in [1.165, 1.54) is 0 Å². The molecule has 0 aromatic carbocycles. The van der Waals surface area contributed by atoms with Crippen molar-refractivity contribution in [3.8, 4) is 0 Å². The maximum Gasteiger partial charge on any atom is 0.240 e. The topological polar surface area (TPSA) is 54.3 Å². The molecule has 1 amide bonds. The van der Waals surface area contributed by atoms with Crippen molar-refractivity contribution in [1.29, 1.82) is 0 Å². The highest BCUT2D eigenvalue weighted by Gasteiger charge is 2.38. The Morgan fingerprint density at radius 3 is 2.50 bits per heavy atom. The van der Waals surface area contributed by atoms with Gasteiger partial charge in [0.2, 0.25) is 5.91 Å². The van der Waals surface area contributed by atoms with Crippen molar-refractivity contribution >= 4 is 5.91 Å². The van der Waals surface area contributed by atoms with Gasteiger partial charge in [-0.15, -0.1) is 5.10 Å². The number of aromatic nitrogens is 3. The van der Waals surface area contributed by atoms with E-state index in [1.807, 2.05) is 15.8 Å². The summed E-state index contributed by atoms with van der Waals surface area (Å²) < 4.78 is 1.95. The average molecular weight is 277 g/mol. The number of carbonyl (C=O) groups is 1. The number of amides is 1. The van der Waals surface area contributed by atoms with Crippen molar-refractivity contribution in [2.75, 3.05) is 19.6 Å². The van der Waals surface area contributed by atoms with Gasteiger partial charge < -0.3 is 4.90 Å². The van der Waals surface area contributed by atoms with E-state index in [0.717, 1.165) is 38.9 Å². The molecule has 2 saturated heterocycles. The van der Waals surface area contributed by atoms with E-state index in [1.54, 1.807) is 6.20 Å². The van der Waals surface area contributed by atoms with Crippen molar-refractivity contribution < 1.29 is 4.79 Å². The number of rotatable bonds is 3. The van der Waals surface area contributed by atoms with E-state index in [0.29, 0.717) is 18.0 Å². The summed E-state index contributed by atoms with van der Waals surface area (Å²) in [6.45, 7) is 7.05. The molecule has 20 heavy (non-hydrogen) atoms. The molecule has 1 aromatic heterocycles. The van der Waals surface area contributed by atoms with Crippen LogP contribution in [0.2, 0.25) is 0 Å². The molecule has 0 saturated carbocycles. The molecule has 3 rings (SSSR count). The fraction of sp³-hybridized carbons (Fsp3) is 0.786. The molecule has 3 heterocycles. The predicted octanol–water partition coefficient (Wildman–Crippen LogP) is 0.924. The molecule has 1 unspecified atom stereocenters. The van der Waals surface area contributed by atoms with E-state index < -0.39 is 0 Å². The summed E-state index contributed by atoms with van der Waals surface area (Å²) in [7, 11) is 0. The third-order valence-corrected chi connectivity index (χ3v) is 4.59. The number of hydrogen-bond acceptors (Lipinski definition) is 4. The van der Waals surface area contributed by atoms with Crippen LogP contribution in [-0.4, -0.2) is 62.4 Å². The highest BCUT2D eigenvalue weighted by Crippen LogP contribution is 2.27. The third-order valence-electron chi connectivity index (χ3n) is 4.59. The maximum atomic E-state index is 12.4. The van der Waals surface area contributed by atoms with Gasteiger partial charge in [-0.1, -0.05) is 5.21 Å². The number of nitrogens with zero attached hydrogens (tertiary/aromatic N) is 5. The van der Waals surface area contributed by atoms with Gasteiger partial charge in [-0.3, -0.25) is 9.69 Å². The lowest BCUT2D eigenvalue weighted by Gasteiger charge is -2.35. The summed E-state index contributed by atoms with van der Waals surface area (Å²) >= 11 is 0. The van der Waals surface area contributed by atoms with E-state index in [-0.39, 0.29) is 6.04 Å². The van der Waals surface area contributed by atoms with Crippen LogP contribution in [0.3, 0.4) is 0 Å². The third kappa shape index (κ3) is 2.44. The van der Waals surface area contributed by atoms with Gasteiger partial charge in [0.1, 0.15) is 0 Å². The molecule has 2 aliphatic rings. The first-order valence-electron chi connectivity index (χ1n) is 7.57. The zero-order chi connectivity index (χ0) is 14.1. The summed E-state index contributed by atoms with van der Waals surface area (Å²) in [5.41, 5.74) is 0. The van der Waals surface area contributed by atoms with Gasteiger partial charge in [0.15, 0.2) is 0 Å². The number of likely N-dealkylation sites (tertiary alicyclic amines) is 2. The molecular formula is C14H23N5O. The SMILES string of the molecule is CC(C)N1CCC(N2CCC(n3ccnn3)CC2)C1=O. The zero-order valence-electron chi connectivity index (χ0n) is 12.3. The second kappa shape index (κ2) is 5.52. The van der Waals surface area contributed by atoms with Crippen molar-refractivity contribution in [2.45, 2.75) is 51.2 Å². The van der Waals surface area contributed by atoms with Gasteiger partial charge in [-0.25, -0.2) is 4.68 Å². The lowest BCUT2D eigenvalue weighted by molar-refractivity contribution is -0.134. The first kappa shape index (κ1) is 13.5. The summed E-state index contributed by atoms with van der Waals surface area (Å²) in [6.07, 6.45) is 6.74. The molecule has 0 bridgehead atoms. The van der Waals surface area contributed by atoms with Crippen molar-refractivity contribution in [3.63, 3.8) is 0 Å². The monoisotopic (exact) mass is 277 g/mol. The molecule has 2 aliphatic heterocycles. The second-order valence-corrected chi connectivity index (χ2v) is 6.08. The van der Waals surface area contributed by atoms with Crippen LogP contribution >= 0.6 is 0 Å². The van der Waals surface area contributed by atoms with Crippen LogP contribution in [0.1, 0.15) is 39.2 Å². The Bertz CT molecular complexity index is 450. The Balaban J connectivity index is 1.58. The molecule has 110 valence electrons. The quantitative estimate of drug-likeness (QED) is 0.824. The van der Waals surface area contributed by atoms with Crippen LogP contribution in [0.25, 0.3) is 0 Å². The highest BCUT2D eigenvalue weighted by atomic mass is 16.2. The van der Waals surface area contributed by atoms with Crippen molar-refractivity contribution in [2.24, 2.45) is 0 Å². The molecule has 0 N–H and O–H groups in total. The molecule has 1 aromatic rings. The second-order valence-electron chi connectivity index (χ2n) is 6.08. The van der Waals surface area contributed by atoms with Crippen LogP contribution in [-0.2, 0) is 4.79 Å². The van der Waals surface area contributed by atoms with Gasteiger partial charge in [0.05, 0.1) is 18.3 Å². The van der Waals surface area contributed by atoms with E-state index >= 15 is 0 Å². The van der Waals surface area contributed by atoms with Gasteiger partial charge in [0.25, 0.3) is 0 Å². The first-order valence-corrected chi connectivity index (χ1v) is 7.57. The summed E-state index contributed by atoms with van der Waals surface area (Å²) in [5.74, 6) is 0.319. The molecule has 0 aliphatic carbocycles. The summed E-state index contributed by atoms with van der Waals surface area (Å²) in [4.78, 5) is 16.8. The molecule has 1 atom stereocenters. The summed E-state index contributed by atoms with van der Waals surface area (Å²) in [5, 5.41) is 7.96. The van der Waals surface area contributed by atoms with Crippen LogP contribution in [0.4, 0.5) is 0 Å². The number of piperidine rings is 1. The van der Waals surface area contributed by atoms with E-state index in [4.69, 9.17) is 0 Å². The Hall–Kier alpha value is -1.43.